The molecule has 0 nitrogen and oxygen atoms in total. The van der Waals surface area contributed by atoms with Crippen molar-refractivity contribution in [3.63, 3.8) is 0 Å². The van der Waals surface area contributed by atoms with E-state index in [0.29, 0.717) is 0 Å². The summed E-state index contributed by atoms with van der Waals surface area (Å²) in [6.07, 6.45) is 1.03. The van der Waals surface area contributed by atoms with Gasteiger partial charge in [-0.15, -0.1) is 0 Å². The van der Waals surface area contributed by atoms with Crippen LogP contribution >= 0.6 is 0 Å². The van der Waals surface area contributed by atoms with Crippen LogP contribution in [0.4, 0.5) is 0 Å². The molecular formula is C44H26. The van der Waals surface area contributed by atoms with E-state index in [9.17, 15) is 0 Å². The lowest BCUT2D eigenvalue weighted by molar-refractivity contribution is 1.15. The van der Waals surface area contributed by atoms with E-state index in [-0.39, 0.29) is 0 Å². The van der Waals surface area contributed by atoms with Crippen LogP contribution in [0.1, 0.15) is 12.5 Å². The third kappa shape index (κ3) is 2.79. The van der Waals surface area contributed by atoms with E-state index >= 15 is 0 Å². The maximum atomic E-state index is 2.47. The van der Waals surface area contributed by atoms with Gasteiger partial charge in [-0.3, -0.25) is 0 Å². The summed E-state index contributed by atoms with van der Waals surface area (Å²) in [4.78, 5) is 0. The Morgan fingerprint density at radius 1 is 0.318 bits per heavy atom. The zero-order valence-electron chi connectivity index (χ0n) is 24.3. The highest BCUT2D eigenvalue weighted by molar-refractivity contribution is 6.33. The molecule has 0 fully saturated rings. The lowest BCUT2D eigenvalue weighted by Crippen LogP contribution is -1.88. The maximum absolute atomic E-state index is 2.47. The van der Waals surface area contributed by atoms with Gasteiger partial charge in [0.15, 0.2) is 0 Å². The zero-order chi connectivity index (χ0) is 28.7. The fourth-order valence-corrected chi connectivity index (χ4v) is 8.48. The Kier molecular flexibility index (Phi) is 4.15. The van der Waals surface area contributed by atoms with Gasteiger partial charge in [-0.2, -0.15) is 0 Å². The fraction of sp³-hybridized carbons (Fsp3) is 0.0455. The van der Waals surface area contributed by atoms with E-state index in [1.807, 2.05) is 0 Å². The standard InChI is InChI=1S/C44H26/c1-2-24-10-14-32-34(16-24)37-17-27-6-3-4-7-28(27)18-38(37)39-22-31-23-40-36(21-30(31)20-35(32)39)33-15-13-26-12-11-25-8-5-9-29-19-41(40)44(33)43(26)42(25)29/h3-23H,2H2,1H3. The smallest absolute Gasteiger partial charge is 0.00137 e. The third-order valence-electron chi connectivity index (χ3n) is 10.6. The largest absolute Gasteiger partial charge is 0.0616 e. The van der Waals surface area contributed by atoms with Crippen molar-refractivity contribution in [2.24, 2.45) is 0 Å². The van der Waals surface area contributed by atoms with Gasteiger partial charge in [0.1, 0.15) is 0 Å². The van der Waals surface area contributed by atoms with Gasteiger partial charge in [-0.05, 0) is 163 Å². The Labute approximate surface area is 254 Å². The molecule has 0 radical (unpaired) electrons. The summed E-state index contributed by atoms with van der Waals surface area (Å²) in [7, 11) is 0. The molecule has 1 aliphatic rings. The van der Waals surface area contributed by atoms with Gasteiger partial charge in [0.05, 0.1) is 0 Å². The van der Waals surface area contributed by atoms with Gasteiger partial charge < -0.3 is 0 Å². The Bertz CT molecular complexity index is 2900. The first-order valence-corrected chi connectivity index (χ1v) is 15.7. The summed E-state index contributed by atoms with van der Waals surface area (Å²) in [6, 6.07) is 48.9. The zero-order valence-corrected chi connectivity index (χ0v) is 24.3. The molecule has 10 aromatic carbocycles. The van der Waals surface area contributed by atoms with Gasteiger partial charge in [0.2, 0.25) is 0 Å². The summed E-state index contributed by atoms with van der Waals surface area (Å²) < 4.78 is 0. The third-order valence-corrected chi connectivity index (χ3v) is 10.6. The van der Waals surface area contributed by atoms with Crippen LogP contribution in [0.2, 0.25) is 0 Å². The molecule has 0 N–H and O–H groups in total. The Hall–Kier alpha value is -5.46. The minimum atomic E-state index is 1.03. The summed E-state index contributed by atoms with van der Waals surface area (Å²) in [5.74, 6) is 0. The van der Waals surface area contributed by atoms with E-state index in [1.54, 1.807) is 0 Å². The van der Waals surface area contributed by atoms with Crippen molar-refractivity contribution < 1.29 is 0 Å². The van der Waals surface area contributed by atoms with Gasteiger partial charge in [-0.25, -0.2) is 0 Å². The first kappa shape index (κ1) is 23.1. The summed E-state index contributed by atoms with van der Waals surface area (Å²) in [5, 5.41) is 21.4. The molecule has 0 heterocycles. The van der Waals surface area contributed by atoms with Crippen LogP contribution in [0.3, 0.4) is 0 Å². The molecule has 202 valence electrons. The average molecular weight is 555 g/mol. The van der Waals surface area contributed by atoms with E-state index in [4.69, 9.17) is 0 Å². The van der Waals surface area contributed by atoms with E-state index in [1.165, 1.54) is 114 Å². The van der Waals surface area contributed by atoms with Crippen LogP contribution < -0.4 is 0 Å². The first-order valence-electron chi connectivity index (χ1n) is 15.7. The molecule has 0 saturated heterocycles. The molecule has 0 heteroatoms. The number of aryl methyl sites for hydroxylation is 1. The van der Waals surface area contributed by atoms with Crippen LogP contribution in [-0.4, -0.2) is 0 Å². The highest BCUT2D eigenvalue weighted by Crippen LogP contribution is 2.53. The molecule has 0 unspecified atom stereocenters. The molecule has 0 atom stereocenters. The van der Waals surface area contributed by atoms with Crippen LogP contribution in [0, 0.1) is 0 Å². The minimum absolute atomic E-state index is 1.03. The van der Waals surface area contributed by atoms with E-state index < -0.39 is 0 Å². The summed E-state index contributed by atoms with van der Waals surface area (Å²) >= 11 is 0. The second kappa shape index (κ2) is 7.92. The van der Waals surface area contributed by atoms with Crippen LogP contribution in [0.25, 0.3) is 108 Å². The highest BCUT2D eigenvalue weighted by atomic mass is 14.3. The SMILES string of the molecule is CCc1ccc2c(c1)c1cc3ccccc3cc1c1cc3cc4c(cc3cc21)-c1ccc2ccc3cccc5cc-4c1c2c35. The molecule has 0 amide bonds. The van der Waals surface area contributed by atoms with Gasteiger partial charge in [0, 0.05) is 0 Å². The molecular weight excluding hydrogens is 528 g/mol. The van der Waals surface area contributed by atoms with E-state index in [2.05, 4.69) is 134 Å². The Balaban J connectivity index is 1.29. The van der Waals surface area contributed by atoms with Crippen molar-refractivity contribution in [2.75, 3.05) is 0 Å². The van der Waals surface area contributed by atoms with E-state index in [0.717, 1.165) is 6.42 Å². The highest BCUT2D eigenvalue weighted by Gasteiger charge is 2.25. The first-order chi connectivity index (χ1) is 21.7. The topological polar surface area (TPSA) is 0 Å². The molecule has 0 aliphatic heterocycles. The Morgan fingerprint density at radius 3 is 1.59 bits per heavy atom. The van der Waals surface area contributed by atoms with Crippen molar-refractivity contribution in [3.8, 4) is 22.3 Å². The lowest BCUT2D eigenvalue weighted by atomic mass is 9.89. The minimum Gasteiger partial charge on any atom is -0.0616 e. The second-order valence-corrected chi connectivity index (χ2v) is 12.8. The van der Waals surface area contributed by atoms with Crippen LogP contribution in [0.5, 0.6) is 0 Å². The van der Waals surface area contributed by atoms with Crippen molar-refractivity contribution in [3.05, 3.63) is 133 Å². The second-order valence-electron chi connectivity index (χ2n) is 12.8. The monoisotopic (exact) mass is 554 g/mol. The predicted molar refractivity (Wildman–Crippen MR) is 191 cm³/mol. The molecule has 44 heavy (non-hydrogen) atoms. The van der Waals surface area contributed by atoms with Crippen molar-refractivity contribution in [1.29, 1.82) is 0 Å². The maximum Gasteiger partial charge on any atom is -0.00137 e. The van der Waals surface area contributed by atoms with Crippen molar-refractivity contribution >= 4 is 86.2 Å². The summed E-state index contributed by atoms with van der Waals surface area (Å²) in [6.45, 7) is 2.25. The Morgan fingerprint density at radius 2 is 0.864 bits per heavy atom. The lowest BCUT2D eigenvalue weighted by Gasteiger charge is -2.15. The molecule has 0 bridgehead atoms. The predicted octanol–water partition coefficient (Wildman–Crippen LogP) is 12.6. The molecule has 11 rings (SSSR count). The normalized spacial score (nSPS) is 12.8. The number of benzene rings is 10. The van der Waals surface area contributed by atoms with Crippen molar-refractivity contribution in [1.82, 2.24) is 0 Å². The molecule has 10 aromatic rings. The average Bonchev–Trinajstić information content (AvgIpc) is 3.38. The fourth-order valence-electron chi connectivity index (χ4n) is 8.48. The number of hydrogen-bond acceptors (Lipinski definition) is 0. The van der Waals surface area contributed by atoms with Crippen LogP contribution in [-0.2, 0) is 6.42 Å². The van der Waals surface area contributed by atoms with Crippen molar-refractivity contribution in [2.45, 2.75) is 13.3 Å². The number of hydrogen-bond donors (Lipinski definition) is 0. The van der Waals surface area contributed by atoms with Crippen LogP contribution in [0.15, 0.2) is 127 Å². The molecule has 0 saturated carbocycles. The quantitative estimate of drug-likeness (QED) is 0.140. The number of rotatable bonds is 1. The molecule has 1 aliphatic carbocycles. The van der Waals surface area contributed by atoms with Gasteiger partial charge >= 0.3 is 0 Å². The summed E-state index contributed by atoms with van der Waals surface area (Å²) in [5.41, 5.74) is 6.83. The molecule has 0 spiro atoms. The van der Waals surface area contributed by atoms with Gasteiger partial charge in [0.25, 0.3) is 0 Å². The molecule has 0 aromatic heterocycles. The van der Waals surface area contributed by atoms with Gasteiger partial charge in [-0.1, -0.05) is 91.9 Å². The number of fused-ring (bicyclic) bond motifs is 11.